The zero-order valence-electron chi connectivity index (χ0n) is 10.9. The Kier molecular flexibility index (Phi) is 4.92. The largest absolute Gasteiger partial charge is 0.295 e. The van der Waals surface area contributed by atoms with Gasteiger partial charge in [0.25, 0.3) is 5.91 Å². The molecule has 8 heteroatoms. The van der Waals surface area contributed by atoms with Crippen molar-refractivity contribution in [1.82, 2.24) is 10.2 Å². The monoisotopic (exact) mass is 367 g/mol. The average Bonchev–Trinajstić information content (AvgIpc) is 2.90. The Morgan fingerprint density at radius 1 is 1.19 bits per heavy atom. The molecule has 108 valence electrons. The molecule has 0 spiro atoms. The van der Waals surface area contributed by atoms with Gasteiger partial charge in [0.15, 0.2) is 5.78 Å². The normalized spacial score (nSPS) is 11.7. The van der Waals surface area contributed by atoms with Gasteiger partial charge < -0.3 is 0 Å². The number of hydrogen-bond acceptors (Lipinski definition) is 6. The van der Waals surface area contributed by atoms with Crippen molar-refractivity contribution in [2.24, 2.45) is 0 Å². The van der Waals surface area contributed by atoms with E-state index in [1.165, 1.54) is 0 Å². The Bertz CT molecular complexity index is 687. The fraction of sp³-hybridized carbons (Fsp3) is 0.154. The minimum absolute atomic E-state index is 0.220. The highest BCUT2D eigenvalue weighted by Gasteiger charge is 2.30. The maximum atomic E-state index is 12.1. The Morgan fingerprint density at radius 3 is 2.43 bits per heavy atom. The van der Waals surface area contributed by atoms with E-state index in [0.29, 0.717) is 10.6 Å². The number of halogens is 1. The molecule has 0 aliphatic rings. The summed E-state index contributed by atoms with van der Waals surface area (Å²) in [4.78, 5) is 34.6. The van der Waals surface area contributed by atoms with Crippen molar-refractivity contribution < 1.29 is 14.4 Å². The molecule has 1 atom stereocenters. The lowest BCUT2D eigenvalue weighted by Crippen LogP contribution is -2.34. The van der Waals surface area contributed by atoms with Gasteiger partial charge in [-0.3, -0.25) is 19.7 Å². The minimum atomic E-state index is -1.23. The zero-order valence-corrected chi connectivity index (χ0v) is 13.3. The van der Waals surface area contributed by atoms with Crippen LogP contribution in [0.2, 0.25) is 0 Å². The van der Waals surface area contributed by atoms with Gasteiger partial charge in [-0.2, -0.15) is 0 Å². The van der Waals surface area contributed by atoms with E-state index in [9.17, 15) is 14.4 Å². The van der Waals surface area contributed by atoms with Gasteiger partial charge in [-0.25, -0.2) is 0 Å². The first-order valence-electron chi connectivity index (χ1n) is 5.87. The van der Waals surface area contributed by atoms with Crippen LogP contribution in [0.1, 0.15) is 15.4 Å². The predicted octanol–water partition coefficient (Wildman–Crippen LogP) is 2.00. The van der Waals surface area contributed by atoms with Crippen LogP contribution in [-0.2, 0) is 9.59 Å². The van der Waals surface area contributed by atoms with Gasteiger partial charge in [0.2, 0.25) is 10.9 Å². The Labute approximate surface area is 132 Å². The third-order valence-electron chi connectivity index (χ3n) is 2.49. The van der Waals surface area contributed by atoms with Crippen molar-refractivity contribution in [2.45, 2.75) is 11.8 Å². The topological polar surface area (TPSA) is 89.0 Å². The fourth-order valence-corrected chi connectivity index (χ4v) is 2.55. The van der Waals surface area contributed by atoms with Crippen molar-refractivity contribution in [3.05, 3.63) is 40.9 Å². The van der Waals surface area contributed by atoms with Gasteiger partial charge in [0, 0.05) is 5.56 Å². The van der Waals surface area contributed by atoms with Crippen molar-refractivity contribution >= 4 is 49.9 Å². The summed E-state index contributed by atoms with van der Waals surface area (Å²) < 4.78 is 0. The van der Waals surface area contributed by atoms with Gasteiger partial charge in [0.1, 0.15) is 9.83 Å². The first-order valence-corrected chi connectivity index (χ1v) is 7.61. The van der Waals surface area contributed by atoms with Gasteiger partial charge in [0.05, 0.1) is 0 Å². The van der Waals surface area contributed by atoms with Crippen molar-refractivity contribution in [1.29, 1.82) is 0 Å². The minimum Gasteiger partial charge on any atom is -0.294 e. The number of carbonyl (C=O) groups excluding carboxylic acids is 3. The lowest BCUT2D eigenvalue weighted by atomic mass is 10.1. The highest BCUT2D eigenvalue weighted by Crippen LogP contribution is 2.16. The van der Waals surface area contributed by atoms with Crippen LogP contribution >= 0.6 is 27.3 Å². The van der Waals surface area contributed by atoms with Crippen LogP contribution in [0.15, 0.2) is 30.3 Å². The number of ketones is 2. The van der Waals surface area contributed by atoms with Crippen LogP contribution in [0.5, 0.6) is 0 Å². The second kappa shape index (κ2) is 6.68. The lowest BCUT2D eigenvalue weighted by molar-refractivity contribution is -0.133. The summed E-state index contributed by atoms with van der Waals surface area (Å²) in [5, 5.41) is 10.6. The summed E-state index contributed by atoms with van der Waals surface area (Å²) in [6, 6.07) is 8.28. The van der Waals surface area contributed by atoms with Crippen LogP contribution in [0.3, 0.4) is 0 Å². The van der Waals surface area contributed by atoms with Gasteiger partial charge in [-0.05, 0) is 6.92 Å². The number of amides is 1. The van der Waals surface area contributed by atoms with E-state index in [4.69, 9.17) is 0 Å². The second-order valence-corrected chi connectivity index (χ2v) is 6.13. The molecule has 2 rings (SSSR count). The third kappa shape index (κ3) is 3.79. The second-order valence-electron chi connectivity index (χ2n) is 4.04. The molecule has 0 radical (unpaired) electrons. The van der Waals surface area contributed by atoms with Crippen LogP contribution in [0.25, 0.3) is 0 Å². The van der Waals surface area contributed by atoms with E-state index in [0.717, 1.165) is 11.3 Å². The summed E-state index contributed by atoms with van der Waals surface area (Å²) in [6.07, 6.45) is 0. The first kappa shape index (κ1) is 15.5. The summed E-state index contributed by atoms with van der Waals surface area (Å²) in [5.74, 6) is -2.25. The van der Waals surface area contributed by atoms with E-state index in [2.05, 4.69) is 31.4 Å². The number of rotatable bonds is 5. The van der Waals surface area contributed by atoms with E-state index in [1.807, 2.05) is 0 Å². The molecule has 1 amide bonds. The highest BCUT2D eigenvalue weighted by atomic mass is 79.9. The van der Waals surface area contributed by atoms with Crippen molar-refractivity contribution in [3.63, 3.8) is 0 Å². The number of carbonyl (C=O) groups is 3. The molecule has 0 saturated carbocycles. The molecular formula is C13H10BrN3O3S. The fourth-order valence-electron chi connectivity index (χ4n) is 1.49. The van der Waals surface area contributed by atoms with E-state index < -0.39 is 22.3 Å². The molecular weight excluding hydrogens is 358 g/mol. The standard InChI is InChI=1S/C13H10BrN3O3S/c1-7-16-17-13(21-7)15-12(20)11(19)9(14)10(18)8-5-3-2-4-6-8/h2-6,9H,1H3,(H,15,17,20). The number of benzene rings is 1. The molecule has 0 bridgehead atoms. The predicted molar refractivity (Wildman–Crippen MR) is 81.8 cm³/mol. The van der Waals surface area contributed by atoms with Crippen molar-refractivity contribution in [3.8, 4) is 0 Å². The molecule has 1 N–H and O–H groups in total. The van der Waals surface area contributed by atoms with Gasteiger partial charge in [-0.15, -0.1) is 10.2 Å². The molecule has 1 aromatic carbocycles. The number of nitrogens with zero attached hydrogens (tertiary/aromatic N) is 2. The quantitative estimate of drug-likeness (QED) is 0.377. The van der Waals surface area contributed by atoms with Crippen LogP contribution < -0.4 is 5.32 Å². The van der Waals surface area contributed by atoms with Gasteiger partial charge in [-0.1, -0.05) is 57.6 Å². The van der Waals surface area contributed by atoms with E-state index >= 15 is 0 Å². The first-order chi connectivity index (χ1) is 9.99. The van der Waals surface area contributed by atoms with Crippen LogP contribution in [-0.4, -0.2) is 32.5 Å². The summed E-state index contributed by atoms with van der Waals surface area (Å²) in [7, 11) is 0. The highest BCUT2D eigenvalue weighted by molar-refractivity contribution is 9.10. The lowest BCUT2D eigenvalue weighted by Gasteiger charge is -2.07. The number of nitrogens with one attached hydrogen (secondary N) is 1. The molecule has 0 saturated heterocycles. The number of aryl methyl sites for hydroxylation is 1. The Hall–Kier alpha value is -1.93. The molecule has 0 aliphatic heterocycles. The molecule has 0 fully saturated rings. The smallest absolute Gasteiger partial charge is 0.294 e. The zero-order chi connectivity index (χ0) is 15.4. The van der Waals surface area contributed by atoms with E-state index in [1.54, 1.807) is 37.3 Å². The molecule has 1 heterocycles. The Morgan fingerprint density at radius 2 is 1.86 bits per heavy atom. The summed E-state index contributed by atoms with van der Waals surface area (Å²) in [6.45, 7) is 1.72. The number of aromatic nitrogens is 2. The van der Waals surface area contributed by atoms with Gasteiger partial charge >= 0.3 is 0 Å². The maximum absolute atomic E-state index is 12.1. The number of anilines is 1. The van der Waals surface area contributed by atoms with E-state index in [-0.39, 0.29) is 5.13 Å². The summed E-state index contributed by atoms with van der Waals surface area (Å²) >= 11 is 4.12. The average molecular weight is 368 g/mol. The van der Waals surface area contributed by atoms with Crippen LogP contribution in [0.4, 0.5) is 5.13 Å². The molecule has 6 nitrogen and oxygen atoms in total. The molecule has 1 unspecified atom stereocenters. The maximum Gasteiger partial charge on any atom is 0.295 e. The molecule has 0 aliphatic carbocycles. The van der Waals surface area contributed by atoms with Crippen molar-refractivity contribution in [2.75, 3.05) is 5.32 Å². The summed E-state index contributed by atoms with van der Waals surface area (Å²) in [5.41, 5.74) is 0.354. The molecule has 1 aromatic heterocycles. The third-order valence-corrected chi connectivity index (χ3v) is 4.07. The number of Topliss-reactive ketones (excluding diaryl/α,β-unsaturated/α-hetero) is 2. The number of alkyl halides is 1. The van der Waals surface area contributed by atoms with Crippen LogP contribution in [0, 0.1) is 6.92 Å². The Balaban J connectivity index is 2.05. The number of hydrogen-bond donors (Lipinski definition) is 1. The SMILES string of the molecule is Cc1nnc(NC(=O)C(=O)C(Br)C(=O)c2ccccc2)s1. The molecule has 21 heavy (non-hydrogen) atoms. The molecule has 2 aromatic rings.